The molecule has 134 valence electrons. The third-order valence-corrected chi connectivity index (χ3v) is 3.69. The minimum Gasteiger partial charge on any atom is -0.493 e. The molecule has 0 unspecified atom stereocenters. The van der Waals surface area contributed by atoms with Crippen molar-refractivity contribution in [3.8, 4) is 23.0 Å². The average Bonchev–Trinajstić information content (AvgIpc) is 2.62. The number of alkyl halides is 2. The lowest BCUT2D eigenvalue weighted by molar-refractivity contribution is -0.0498. The maximum atomic E-state index is 12.1. The Bertz CT molecular complexity index is 690. The van der Waals surface area contributed by atoms with E-state index < -0.39 is 6.61 Å². The van der Waals surface area contributed by atoms with Crippen LogP contribution in [-0.4, -0.2) is 26.9 Å². The van der Waals surface area contributed by atoms with Crippen LogP contribution in [0.4, 0.5) is 8.78 Å². The molecule has 1 aliphatic rings. The monoisotopic (exact) mass is 351 g/mol. The second-order valence-corrected chi connectivity index (χ2v) is 5.45. The molecule has 0 saturated carbocycles. The largest absolute Gasteiger partial charge is 0.493 e. The number of hydrogen-bond acceptors (Lipinski definition) is 5. The van der Waals surface area contributed by atoms with Crippen molar-refractivity contribution in [2.75, 3.05) is 20.3 Å². The van der Waals surface area contributed by atoms with Gasteiger partial charge >= 0.3 is 6.61 Å². The number of rotatable bonds is 7. The summed E-state index contributed by atoms with van der Waals surface area (Å²) in [6.45, 7) is -0.602. The minimum atomic E-state index is -2.81. The zero-order valence-electron chi connectivity index (χ0n) is 13.8. The van der Waals surface area contributed by atoms with Crippen LogP contribution in [-0.2, 0) is 13.1 Å². The summed E-state index contributed by atoms with van der Waals surface area (Å²) >= 11 is 0. The molecule has 25 heavy (non-hydrogen) atoms. The molecular formula is C18H19F2NO4. The summed E-state index contributed by atoms with van der Waals surface area (Å²) in [5.74, 6) is 2.10. The van der Waals surface area contributed by atoms with Crippen molar-refractivity contribution in [2.24, 2.45) is 0 Å². The highest BCUT2D eigenvalue weighted by molar-refractivity contribution is 5.54. The normalized spacial score (nSPS) is 13.0. The molecule has 1 heterocycles. The summed E-state index contributed by atoms with van der Waals surface area (Å²) in [5, 5.41) is 3.30. The van der Waals surface area contributed by atoms with Gasteiger partial charge in [-0.15, -0.1) is 0 Å². The number of benzene rings is 2. The number of fused-ring (bicyclic) bond motifs is 1. The van der Waals surface area contributed by atoms with E-state index in [9.17, 15) is 8.78 Å². The molecule has 2 aromatic carbocycles. The molecule has 0 fully saturated rings. The topological polar surface area (TPSA) is 49.0 Å². The highest BCUT2D eigenvalue weighted by atomic mass is 19.3. The van der Waals surface area contributed by atoms with Crippen molar-refractivity contribution in [3.63, 3.8) is 0 Å². The zero-order valence-corrected chi connectivity index (χ0v) is 13.8. The smallest absolute Gasteiger partial charge is 0.387 e. The van der Waals surface area contributed by atoms with Gasteiger partial charge < -0.3 is 24.3 Å². The quantitative estimate of drug-likeness (QED) is 0.829. The van der Waals surface area contributed by atoms with Crippen LogP contribution in [0.1, 0.15) is 11.1 Å². The molecule has 3 rings (SSSR count). The summed E-state index contributed by atoms with van der Waals surface area (Å²) in [7, 11) is 1.59. The fraction of sp³-hybridized carbons (Fsp3) is 0.333. The van der Waals surface area contributed by atoms with Gasteiger partial charge in [-0.1, -0.05) is 12.1 Å². The molecule has 0 spiro atoms. The lowest BCUT2D eigenvalue weighted by Gasteiger charge is -2.21. The Labute approximate surface area is 144 Å². The van der Waals surface area contributed by atoms with E-state index >= 15 is 0 Å². The van der Waals surface area contributed by atoms with Crippen LogP contribution >= 0.6 is 0 Å². The summed E-state index contributed by atoms with van der Waals surface area (Å²) < 4.78 is 45.1. The molecular weight excluding hydrogens is 332 g/mol. The third-order valence-electron chi connectivity index (χ3n) is 3.69. The third kappa shape index (κ3) is 4.51. The van der Waals surface area contributed by atoms with Crippen molar-refractivity contribution in [1.29, 1.82) is 0 Å². The molecule has 0 aromatic heterocycles. The maximum absolute atomic E-state index is 12.1. The van der Waals surface area contributed by atoms with Gasteiger partial charge in [0.25, 0.3) is 0 Å². The molecule has 7 heteroatoms. The minimum absolute atomic E-state index is 0.148. The Hall–Kier alpha value is -2.54. The summed E-state index contributed by atoms with van der Waals surface area (Å²) in [6.07, 6.45) is 0. The predicted molar refractivity (Wildman–Crippen MR) is 87.6 cm³/mol. The lowest BCUT2D eigenvalue weighted by atomic mass is 10.1. The molecule has 5 nitrogen and oxygen atoms in total. The molecule has 1 aliphatic heterocycles. The lowest BCUT2D eigenvalue weighted by Crippen LogP contribution is -2.17. The van der Waals surface area contributed by atoms with Crippen LogP contribution in [0.25, 0.3) is 0 Å². The van der Waals surface area contributed by atoms with Crippen molar-refractivity contribution >= 4 is 0 Å². The van der Waals surface area contributed by atoms with Gasteiger partial charge in [0, 0.05) is 13.1 Å². The number of halogens is 2. The van der Waals surface area contributed by atoms with Crippen LogP contribution in [0.3, 0.4) is 0 Å². The highest BCUT2D eigenvalue weighted by Gasteiger charge is 2.18. The number of nitrogens with one attached hydrogen (secondary N) is 1. The predicted octanol–water partition coefficient (Wildman–Crippen LogP) is 3.36. The average molecular weight is 351 g/mol. The van der Waals surface area contributed by atoms with Crippen molar-refractivity contribution in [3.05, 3.63) is 47.5 Å². The SMILES string of the molecule is COc1cc(CNCc2ccc(OC(F)F)cc2)cc2c1OCCO2. The van der Waals surface area contributed by atoms with E-state index in [0.29, 0.717) is 43.6 Å². The Morgan fingerprint density at radius 1 is 1.04 bits per heavy atom. The summed E-state index contributed by atoms with van der Waals surface area (Å²) in [6, 6.07) is 10.4. The first-order valence-corrected chi connectivity index (χ1v) is 7.86. The van der Waals surface area contributed by atoms with E-state index in [1.54, 1.807) is 19.2 Å². The fourth-order valence-electron chi connectivity index (χ4n) is 2.57. The van der Waals surface area contributed by atoms with Crippen LogP contribution in [0.2, 0.25) is 0 Å². The van der Waals surface area contributed by atoms with E-state index in [4.69, 9.17) is 14.2 Å². The molecule has 0 bridgehead atoms. The van der Waals surface area contributed by atoms with E-state index in [1.165, 1.54) is 12.1 Å². The van der Waals surface area contributed by atoms with Crippen LogP contribution in [0.5, 0.6) is 23.0 Å². The summed E-state index contributed by atoms with van der Waals surface area (Å²) in [5.41, 5.74) is 1.96. The van der Waals surface area contributed by atoms with Crippen molar-refractivity contribution < 1.29 is 27.7 Å². The number of ether oxygens (including phenoxy) is 4. The van der Waals surface area contributed by atoms with E-state index in [0.717, 1.165) is 11.1 Å². The van der Waals surface area contributed by atoms with Gasteiger partial charge in [0.2, 0.25) is 5.75 Å². The molecule has 0 radical (unpaired) electrons. The number of methoxy groups -OCH3 is 1. The van der Waals surface area contributed by atoms with Gasteiger partial charge in [-0.2, -0.15) is 8.78 Å². The molecule has 2 aromatic rings. The van der Waals surface area contributed by atoms with Crippen LogP contribution in [0, 0.1) is 0 Å². The molecule has 0 amide bonds. The Kier molecular flexibility index (Phi) is 5.55. The highest BCUT2D eigenvalue weighted by Crippen LogP contribution is 2.40. The van der Waals surface area contributed by atoms with Gasteiger partial charge in [-0.25, -0.2) is 0 Å². The van der Waals surface area contributed by atoms with Crippen molar-refractivity contribution in [2.45, 2.75) is 19.7 Å². The Morgan fingerprint density at radius 3 is 2.48 bits per heavy atom. The first-order chi connectivity index (χ1) is 12.2. The fourth-order valence-corrected chi connectivity index (χ4v) is 2.57. The van der Waals surface area contributed by atoms with E-state index in [-0.39, 0.29) is 5.75 Å². The Morgan fingerprint density at radius 2 is 1.76 bits per heavy atom. The molecule has 0 atom stereocenters. The molecule has 0 aliphatic carbocycles. The zero-order chi connectivity index (χ0) is 17.6. The molecule has 0 saturated heterocycles. The standard InChI is InChI=1S/C18H19F2NO4/c1-22-15-8-13(9-16-17(15)24-7-6-23-16)11-21-10-12-2-4-14(5-3-12)25-18(19)20/h2-5,8-9,18,21H,6-7,10-11H2,1H3. The Balaban J connectivity index is 1.58. The second-order valence-electron chi connectivity index (χ2n) is 5.45. The van der Waals surface area contributed by atoms with Gasteiger partial charge in [-0.05, 0) is 35.4 Å². The van der Waals surface area contributed by atoms with Gasteiger partial charge in [0.1, 0.15) is 19.0 Å². The van der Waals surface area contributed by atoms with Gasteiger partial charge in [0.05, 0.1) is 7.11 Å². The van der Waals surface area contributed by atoms with Gasteiger partial charge in [0.15, 0.2) is 11.5 Å². The molecule has 1 N–H and O–H groups in total. The van der Waals surface area contributed by atoms with Gasteiger partial charge in [-0.3, -0.25) is 0 Å². The van der Waals surface area contributed by atoms with E-state index in [1.807, 2.05) is 12.1 Å². The maximum Gasteiger partial charge on any atom is 0.387 e. The summed E-state index contributed by atoms with van der Waals surface area (Å²) in [4.78, 5) is 0. The van der Waals surface area contributed by atoms with E-state index in [2.05, 4.69) is 10.1 Å². The first kappa shape index (κ1) is 17.3. The van der Waals surface area contributed by atoms with Crippen LogP contribution in [0.15, 0.2) is 36.4 Å². The first-order valence-electron chi connectivity index (χ1n) is 7.86. The number of hydrogen-bond donors (Lipinski definition) is 1. The van der Waals surface area contributed by atoms with Crippen molar-refractivity contribution in [1.82, 2.24) is 5.32 Å². The second kappa shape index (κ2) is 8.02. The van der Waals surface area contributed by atoms with Crippen LogP contribution < -0.4 is 24.3 Å².